The molecule has 3 N–H and O–H groups in total. The molecule has 0 unspecified atom stereocenters. The standard InChI is InChI=1S/C23H13F6N3O3/c1-9-17(3-2-12(24)20(9)26)35-18-7-11(23(27,28)29)13(25)6-10(18)15-8-16(33)19-14(32-15)4-5-31-21(19)22(30)34/h2-8H,1H3,(H2,30,34)(H,32,33). The van der Waals surface area contributed by atoms with E-state index in [9.17, 15) is 35.9 Å². The Labute approximate surface area is 192 Å². The first-order valence-electron chi connectivity index (χ1n) is 9.74. The largest absolute Gasteiger partial charge is 0.456 e. The second-order valence-electron chi connectivity index (χ2n) is 7.41. The van der Waals surface area contributed by atoms with E-state index in [0.29, 0.717) is 18.2 Å². The van der Waals surface area contributed by atoms with Crippen molar-refractivity contribution in [2.45, 2.75) is 13.1 Å². The first-order chi connectivity index (χ1) is 16.4. The minimum atomic E-state index is -5.11. The Hall–Kier alpha value is -4.35. The highest BCUT2D eigenvalue weighted by Crippen LogP contribution is 2.41. The van der Waals surface area contributed by atoms with Crippen LogP contribution in [0.5, 0.6) is 11.5 Å². The molecule has 0 radical (unpaired) electrons. The molecular weight excluding hydrogens is 480 g/mol. The average Bonchev–Trinajstić information content (AvgIpc) is 2.78. The summed E-state index contributed by atoms with van der Waals surface area (Å²) in [4.78, 5) is 30.8. The fourth-order valence-electron chi connectivity index (χ4n) is 3.46. The molecule has 4 aromatic rings. The smallest absolute Gasteiger partial charge is 0.419 e. The molecule has 6 nitrogen and oxygen atoms in total. The van der Waals surface area contributed by atoms with Gasteiger partial charge >= 0.3 is 6.18 Å². The number of carbonyl (C=O) groups is 1. The quantitative estimate of drug-likeness (QED) is 0.381. The molecule has 12 heteroatoms. The molecule has 0 spiro atoms. The van der Waals surface area contributed by atoms with Crippen LogP contribution in [0.3, 0.4) is 0 Å². The highest BCUT2D eigenvalue weighted by molar-refractivity contribution is 6.03. The van der Waals surface area contributed by atoms with Crippen LogP contribution in [0.4, 0.5) is 26.3 Å². The molecule has 0 saturated heterocycles. The number of aromatic nitrogens is 2. The minimum absolute atomic E-state index is 0.0339. The summed E-state index contributed by atoms with van der Waals surface area (Å²) >= 11 is 0. The number of carbonyl (C=O) groups excluding carboxylic acids is 1. The number of halogens is 6. The number of rotatable bonds is 4. The monoisotopic (exact) mass is 493 g/mol. The zero-order chi connectivity index (χ0) is 25.7. The van der Waals surface area contributed by atoms with E-state index in [1.807, 2.05) is 0 Å². The zero-order valence-electron chi connectivity index (χ0n) is 17.6. The normalized spacial score (nSPS) is 11.6. The molecule has 0 aliphatic carbocycles. The molecule has 2 aromatic carbocycles. The van der Waals surface area contributed by atoms with Gasteiger partial charge in [-0.3, -0.25) is 14.6 Å². The van der Waals surface area contributed by atoms with Crippen LogP contribution >= 0.6 is 0 Å². The predicted molar refractivity (Wildman–Crippen MR) is 112 cm³/mol. The molecular formula is C23H13F6N3O3. The first kappa shape index (κ1) is 23.8. The van der Waals surface area contributed by atoms with Gasteiger partial charge in [0.25, 0.3) is 5.91 Å². The first-order valence-corrected chi connectivity index (χ1v) is 9.74. The maximum atomic E-state index is 14.5. The summed E-state index contributed by atoms with van der Waals surface area (Å²) in [5, 5.41) is -0.185. The maximum Gasteiger partial charge on any atom is 0.419 e. The van der Waals surface area contributed by atoms with Crippen molar-refractivity contribution < 1.29 is 35.9 Å². The van der Waals surface area contributed by atoms with Crippen molar-refractivity contribution in [3.05, 3.63) is 87.1 Å². The number of nitrogens with one attached hydrogen (secondary N) is 1. The van der Waals surface area contributed by atoms with Gasteiger partial charge in [-0.25, -0.2) is 13.2 Å². The molecule has 0 saturated carbocycles. The number of nitrogens with zero attached hydrogens (tertiary/aromatic N) is 1. The van der Waals surface area contributed by atoms with Gasteiger partial charge in [0.05, 0.1) is 22.2 Å². The number of H-pyrrole nitrogens is 1. The van der Waals surface area contributed by atoms with E-state index in [0.717, 1.165) is 25.3 Å². The molecule has 0 fully saturated rings. The SMILES string of the molecule is Cc1c(Oc2cc(C(F)(F)F)c(F)cc2-c2cc(=O)c3c(C(N)=O)nccc3[nH]2)ccc(F)c1F. The van der Waals surface area contributed by atoms with E-state index in [2.05, 4.69) is 9.97 Å². The number of amides is 1. The number of hydrogen-bond donors (Lipinski definition) is 2. The topological polar surface area (TPSA) is 98.1 Å². The Kier molecular flexibility index (Phi) is 5.75. The molecule has 35 heavy (non-hydrogen) atoms. The number of fused-ring (bicyclic) bond motifs is 1. The van der Waals surface area contributed by atoms with Gasteiger partial charge in [-0.05, 0) is 37.3 Å². The maximum absolute atomic E-state index is 14.5. The molecule has 0 bridgehead atoms. The third-order valence-electron chi connectivity index (χ3n) is 5.15. The third kappa shape index (κ3) is 4.29. The van der Waals surface area contributed by atoms with Crippen LogP contribution in [0, 0.1) is 24.4 Å². The summed E-state index contributed by atoms with van der Waals surface area (Å²) < 4.78 is 87.6. The number of nitrogens with two attached hydrogens (primary N) is 1. The zero-order valence-corrected chi connectivity index (χ0v) is 17.6. The van der Waals surface area contributed by atoms with E-state index in [-0.39, 0.29) is 39.2 Å². The summed E-state index contributed by atoms with van der Waals surface area (Å²) in [6, 6.07) is 4.72. The molecule has 0 aliphatic heterocycles. The van der Waals surface area contributed by atoms with Crippen LogP contribution in [0.2, 0.25) is 0 Å². The number of aromatic amines is 1. The lowest BCUT2D eigenvalue weighted by molar-refractivity contribution is -0.140. The molecule has 0 aliphatic rings. The van der Waals surface area contributed by atoms with Gasteiger partial charge in [0.1, 0.15) is 23.0 Å². The van der Waals surface area contributed by atoms with Crippen LogP contribution in [0.15, 0.2) is 47.4 Å². The van der Waals surface area contributed by atoms with Gasteiger partial charge in [0, 0.05) is 23.4 Å². The van der Waals surface area contributed by atoms with Gasteiger partial charge in [-0.1, -0.05) is 0 Å². The van der Waals surface area contributed by atoms with Crippen molar-refractivity contribution in [3.63, 3.8) is 0 Å². The second kappa shape index (κ2) is 8.46. The second-order valence-corrected chi connectivity index (χ2v) is 7.41. The minimum Gasteiger partial charge on any atom is -0.456 e. The fraction of sp³-hybridized carbons (Fsp3) is 0.0870. The lowest BCUT2D eigenvalue weighted by Crippen LogP contribution is -2.17. The Morgan fingerprint density at radius 3 is 2.40 bits per heavy atom. The number of alkyl halides is 3. The van der Waals surface area contributed by atoms with Crippen molar-refractivity contribution in [2.75, 3.05) is 0 Å². The molecule has 2 heterocycles. The summed E-state index contributed by atoms with van der Waals surface area (Å²) in [7, 11) is 0. The van der Waals surface area contributed by atoms with Gasteiger partial charge in [-0.2, -0.15) is 13.2 Å². The molecule has 0 atom stereocenters. The lowest BCUT2D eigenvalue weighted by Gasteiger charge is -2.17. The lowest BCUT2D eigenvalue weighted by atomic mass is 10.0. The van der Waals surface area contributed by atoms with Crippen LogP contribution in [-0.4, -0.2) is 15.9 Å². The summed E-state index contributed by atoms with van der Waals surface area (Å²) in [5.74, 6) is -6.10. The van der Waals surface area contributed by atoms with Gasteiger partial charge in [0.2, 0.25) is 0 Å². The predicted octanol–water partition coefficient (Wildman–Crippen LogP) is 5.23. The number of primary amides is 1. The Morgan fingerprint density at radius 1 is 1.03 bits per heavy atom. The van der Waals surface area contributed by atoms with Crippen molar-refractivity contribution in [3.8, 4) is 22.8 Å². The number of ether oxygens (including phenoxy) is 1. The molecule has 180 valence electrons. The highest BCUT2D eigenvalue weighted by atomic mass is 19.4. The highest BCUT2D eigenvalue weighted by Gasteiger charge is 2.36. The Balaban J connectivity index is 1.98. The van der Waals surface area contributed by atoms with Crippen molar-refractivity contribution >= 4 is 16.8 Å². The van der Waals surface area contributed by atoms with Crippen molar-refractivity contribution in [1.29, 1.82) is 0 Å². The Bertz CT molecular complexity index is 1560. The number of hydrogen-bond acceptors (Lipinski definition) is 4. The average molecular weight is 493 g/mol. The number of pyridine rings is 2. The van der Waals surface area contributed by atoms with E-state index < -0.39 is 46.3 Å². The molecule has 4 rings (SSSR count). The van der Waals surface area contributed by atoms with Gasteiger partial charge < -0.3 is 15.5 Å². The van der Waals surface area contributed by atoms with Crippen molar-refractivity contribution in [1.82, 2.24) is 9.97 Å². The fourth-order valence-corrected chi connectivity index (χ4v) is 3.46. The summed E-state index contributed by atoms with van der Waals surface area (Å²) in [6.07, 6.45) is -3.94. The van der Waals surface area contributed by atoms with Crippen LogP contribution in [0.1, 0.15) is 21.6 Å². The molecule has 1 amide bonds. The van der Waals surface area contributed by atoms with Crippen LogP contribution in [-0.2, 0) is 6.18 Å². The van der Waals surface area contributed by atoms with E-state index in [1.165, 1.54) is 6.07 Å². The van der Waals surface area contributed by atoms with E-state index in [4.69, 9.17) is 10.5 Å². The number of benzene rings is 2. The molecule has 2 aromatic heterocycles. The summed E-state index contributed by atoms with van der Waals surface area (Å²) in [6.45, 7) is 1.14. The third-order valence-corrected chi connectivity index (χ3v) is 5.15. The van der Waals surface area contributed by atoms with Gasteiger partial charge in [0.15, 0.2) is 17.1 Å². The van der Waals surface area contributed by atoms with E-state index in [1.54, 1.807) is 0 Å². The van der Waals surface area contributed by atoms with E-state index >= 15 is 0 Å². The van der Waals surface area contributed by atoms with Crippen LogP contribution in [0.25, 0.3) is 22.2 Å². The van der Waals surface area contributed by atoms with Crippen LogP contribution < -0.4 is 15.9 Å². The Morgan fingerprint density at radius 2 is 1.74 bits per heavy atom. The van der Waals surface area contributed by atoms with Gasteiger partial charge in [-0.15, -0.1) is 0 Å². The summed E-state index contributed by atoms with van der Waals surface area (Å²) in [5.41, 5.74) is 1.58. The van der Waals surface area contributed by atoms with Crippen molar-refractivity contribution in [2.24, 2.45) is 5.73 Å².